The lowest BCUT2D eigenvalue weighted by Gasteiger charge is -2.40. The zero-order valence-electron chi connectivity index (χ0n) is 8.01. The Hall–Kier alpha value is -0.430. The summed E-state index contributed by atoms with van der Waals surface area (Å²) < 4.78 is 23.3. The van der Waals surface area contributed by atoms with E-state index < -0.39 is 26.1 Å². The normalized spacial score (nSPS) is 37.3. The van der Waals surface area contributed by atoms with Gasteiger partial charge in [-0.15, -0.1) is 0 Å². The molecule has 1 amide bonds. The van der Waals surface area contributed by atoms with E-state index in [1.165, 1.54) is 4.90 Å². The first-order chi connectivity index (χ1) is 6.90. The lowest BCUT2D eigenvalue weighted by atomic mass is 10.1. The number of carbonyl (C=O) groups is 2. The van der Waals surface area contributed by atoms with Gasteiger partial charge in [0.05, 0.1) is 5.75 Å². The Labute approximate surface area is 95.9 Å². The molecule has 0 aliphatic carbocycles. The van der Waals surface area contributed by atoms with E-state index in [0.29, 0.717) is 0 Å². The van der Waals surface area contributed by atoms with E-state index in [2.05, 4.69) is 15.9 Å². The van der Waals surface area contributed by atoms with Crippen LogP contribution in [0.15, 0.2) is 0 Å². The monoisotopic (exact) mass is 295 g/mol. The van der Waals surface area contributed by atoms with Crippen molar-refractivity contribution in [3.05, 3.63) is 0 Å². The van der Waals surface area contributed by atoms with Crippen molar-refractivity contribution in [2.75, 3.05) is 5.75 Å². The van der Waals surface area contributed by atoms with E-state index >= 15 is 0 Å². The summed E-state index contributed by atoms with van der Waals surface area (Å²) in [5.74, 6) is -0.709. The van der Waals surface area contributed by atoms with Crippen molar-refractivity contribution in [3.8, 4) is 0 Å². The summed E-state index contributed by atoms with van der Waals surface area (Å²) in [4.78, 5) is 23.4. The molecule has 0 bridgehead atoms. The summed E-state index contributed by atoms with van der Waals surface area (Å²) in [5, 5.41) is -0.828. The van der Waals surface area contributed by atoms with Crippen LogP contribution in [0.2, 0.25) is 0 Å². The number of Topliss-reactive ketones (excluding diaryl/α,β-unsaturated/α-hetero) is 1. The molecule has 2 fully saturated rings. The van der Waals surface area contributed by atoms with Gasteiger partial charge in [0.1, 0.15) is 10.9 Å². The van der Waals surface area contributed by atoms with E-state index in [9.17, 15) is 18.0 Å². The van der Waals surface area contributed by atoms with Crippen LogP contribution in [-0.4, -0.2) is 47.0 Å². The predicted octanol–water partition coefficient (Wildman–Crippen LogP) is -0.306. The van der Waals surface area contributed by atoms with Gasteiger partial charge in [-0.1, -0.05) is 22.9 Å². The molecule has 1 unspecified atom stereocenters. The summed E-state index contributed by atoms with van der Waals surface area (Å²) in [7, 11) is -3.34. The van der Waals surface area contributed by atoms with Crippen LogP contribution in [0.25, 0.3) is 0 Å². The number of sulfone groups is 1. The van der Waals surface area contributed by atoms with Gasteiger partial charge in [-0.3, -0.25) is 9.59 Å². The maximum Gasteiger partial charge on any atom is 0.241 e. The molecule has 0 spiro atoms. The Kier molecular flexibility index (Phi) is 2.42. The van der Waals surface area contributed by atoms with E-state index in [0.717, 1.165) is 0 Å². The minimum absolute atomic E-state index is 0.186. The molecule has 2 heterocycles. The lowest BCUT2D eigenvalue weighted by Crippen LogP contribution is -2.64. The number of fused-ring (bicyclic) bond motifs is 1. The average Bonchev–Trinajstić information content (AvgIpc) is 2.45. The molecule has 2 aliphatic heterocycles. The van der Waals surface area contributed by atoms with Gasteiger partial charge in [-0.2, -0.15) is 0 Å². The minimum Gasteiger partial charge on any atom is -0.312 e. The molecule has 0 N–H and O–H groups in total. The average molecular weight is 296 g/mol. The number of hydrogen-bond acceptors (Lipinski definition) is 4. The largest absolute Gasteiger partial charge is 0.312 e. The van der Waals surface area contributed by atoms with E-state index in [1.54, 1.807) is 6.92 Å². The third-order valence-corrected chi connectivity index (χ3v) is 6.09. The molecule has 2 aliphatic rings. The second-order valence-electron chi connectivity index (χ2n) is 3.70. The highest BCUT2D eigenvalue weighted by Crippen LogP contribution is 2.39. The fraction of sp³-hybridized carbons (Fsp3) is 0.750. The molecule has 0 saturated carbocycles. The summed E-state index contributed by atoms with van der Waals surface area (Å²) >= 11 is 3.03. The molecule has 0 aromatic heterocycles. The number of carbonyl (C=O) groups excluding carboxylic acids is 2. The van der Waals surface area contributed by atoms with Crippen LogP contribution >= 0.6 is 15.9 Å². The third kappa shape index (κ3) is 1.36. The Bertz CT molecular complexity index is 424. The first kappa shape index (κ1) is 11.1. The highest BCUT2D eigenvalue weighted by molar-refractivity contribution is 9.10. The van der Waals surface area contributed by atoms with Crippen molar-refractivity contribution in [2.45, 2.75) is 29.6 Å². The van der Waals surface area contributed by atoms with Gasteiger partial charge in [0.15, 0.2) is 21.0 Å². The van der Waals surface area contributed by atoms with Crippen molar-refractivity contribution in [3.63, 3.8) is 0 Å². The van der Waals surface area contributed by atoms with E-state index in [1.807, 2.05) is 0 Å². The number of β-lactam (4-membered cyclic amide) rings is 1. The van der Waals surface area contributed by atoms with E-state index in [-0.39, 0.29) is 23.9 Å². The highest BCUT2D eigenvalue weighted by Gasteiger charge is 2.62. The number of nitrogens with zero attached hydrogens (tertiary/aromatic N) is 1. The summed E-state index contributed by atoms with van der Waals surface area (Å²) in [6.45, 7) is 1.66. The Balaban J connectivity index is 2.34. The quantitative estimate of drug-likeness (QED) is 0.518. The molecule has 0 radical (unpaired) electrons. The maximum absolute atomic E-state index is 11.6. The molecule has 7 heteroatoms. The van der Waals surface area contributed by atoms with Crippen molar-refractivity contribution < 1.29 is 18.0 Å². The number of hydrogen-bond donors (Lipinski definition) is 0. The highest BCUT2D eigenvalue weighted by atomic mass is 79.9. The van der Waals surface area contributed by atoms with Crippen LogP contribution in [0, 0.1) is 0 Å². The van der Waals surface area contributed by atoms with Crippen molar-refractivity contribution in [1.82, 2.24) is 4.90 Å². The van der Waals surface area contributed by atoms with Crippen molar-refractivity contribution in [1.29, 1.82) is 0 Å². The van der Waals surface area contributed by atoms with Crippen LogP contribution in [0.1, 0.15) is 13.3 Å². The lowest BCUT2D eigenvalue weighted by molar-refractivity contribution is -0.146. The van der Waals surface area contributed by atoms with Gasteiger partial charge >= 0.3 is 0 Å². The Morgan fingerprint density at radius 1 is 1.60 bits per heavy atom. The second kappa shape index (κ2) is 3.28. The predicted molar refractivity (Wildman–Crippen MR) is 56.2 cm³/mol. The number of rotatable bonds is 2. The number of ketones is 1. The summed E-state index contributed by atoms with van der Waals surface area (Å²) in [5.41, 5.74) is 0. The van der Waals surface area contributed by atoms with Crippen LogP contribution in [-0.2, 0) is 19.4 Å². The standard InChI is InChI=1S/C8H10BrNO4S/c1-2-5(11)4-3-15(13,14)8-6(9)7(12)10(4)8/h4,6,8H,2-3H2,1H3/t4?,6-,8-/m0/s1. The first-order valence-corrected chi connectivity index (χ1v) is 7.23. The minimum atomic E-state index is -3.34. The van der Waals surface area contributed by atoms with Crippen molar-refractivity contribution >= 4 is 37.5 Å². The maximum atomic E-state index is 11.6. The number of amides is 1. The third-order valence-electron chi connectivity index (χ3n) is 2.83. The Morgan fingerprint density at radius 2 is 2.20 bits per heavy atom. The summed E-state index contributed by atoms with van der Waals surface area (Å²) in [6, 6.07) is -0.758. The van der Waals surface area contributed by atoms with Crippen LogP contribution in [0.3, 0.4) is 0 Å². The molecule has 15 heavy (non-hydrogen) atoms. The zero-order valence-corrected chi connectivity index (χ0v) is 10.4. The van der Waals surface area contributed by atoms with E-state index in [4.69, 9.17) is 0 Å². The van der Waals surface area contributed by atoms with Crippen molar-refractivity contribution in [2.24, 2.45) is 0 Å². The molecule has 84 valence electrons. The summed E-state index contributed by atoms with van der Waals surface area (Å²) in [6.07, 6.45) is 0.254. The van der Waals surface area contributed by atoms with Gasteiger partial charge < -0.3 is 4.90 Å². The van der Waals surface area contributed by atoms with Gasteiger partial charge in [-0.05, 0) is 0 Å². The molecule has 2 rings (SSSR count). The SMILES string of the molecule is CCC(=O)C1CS(=O)(=O)[C@H]2[C@@H](Br)C(=O)N12. The topological polar surface area (TPSA) is 71.5 Å². The molecular weight excluding hydrogens is 286 g/mol. The molecule has 3 atom stereocenters. The molecular formula is C8H10BrNO4S. The van der Waals surface area contributed by atoms with Crippen LogP contribution < -0.4 is 0 Å². The van der Waals surface area contributed by atoms with Gasteiger partial charge in [0, 0.05) is 6.42 Å². The second-order valence-corrected chi connectivity index (χ2v) is 6.83. The van der Waals surface area contributed by atoms with Crippen LogP contribution in [0.5, 0.6) is 0 Å². The first-order valence-electron chi connectivity index (χ1n) is 4.60. The van der Waals surface area contributed by atoms with Crippen LogP contribution in [0.4, 0.5) is 0 Å². The fourth-order valence-electron chi connectivity index (χ4n) is 2.02. The fourth-order valence-corrected chi connectivity index (χ4v) is 5.56. The van der Waals surface area contributed by atoms with Gasteiger partial charge in [0.2, 0.25) is 5.91 Å². The molecule has 5 nitrogen and oxygen atoms in total. The molecule has 0 aromatic rings. The van der Waals surface area contributed by atoms with Gasteiger partial charge in [0.25, 0.3) is 0 Å². The zero-order chi connectivity index (χ0) is 11.4. The smallest absolute Gasteiger partial charge is 0.241 e. The molecule has 2 saturated heterocycles. The number of alkyl halides is 1. The molecule has 0 aromatic carbocycles. The Morgan fingerprint density at radius 3 is 2.73 bits per heavy atom. The van der Waals surface area contributed by atoms with Gasteiger partial charge in [-0.25, -0.2) is 8.42 Å². The number of halogens is 1.